The number of nitrogens with zero attached hydrogens (tertiary/aromatic N) is 3. The van der Waals surface area contributed by atoms with Crippen molar-refractivity contribution in [2.75, 3.05) is 13.1 Å². The summed E-state index contributed by atoms with van der Waals surface area (Å²) in [4.78, 5) is 14.2. The molecule has 0 aliphatic carbocycles. The van der Waals surface area contributed by atoms with Crippen LogP contribution in [0.5, 0.6) is 0 Å². The highest BCUT2D eigenvalue weighted by atomic mass is 35.5. The van der Waals surface area contributed by atoms with Crippen molar-refractivity contribution in [2.45, 2.75) is 25.3 Å². The lowest BCUT2D eigenvalue weighted by molar-refractivity contribution is -0.131. The van der Waals surface area contributed by atoms with Crippen LogP contribution in [-0.2, 0) is 11.2 Å². The Morgan fingerprint density at radius 2 is 1.91 bits per heavy atom. The molecule has 0 radical (unpaired) electrons. The summed E-state index contributed by atoms with van der Waals surface area (Å²) in [6, 6.07) is 10.1. The lowest BCUT2D eigenvalue weighted by atomic mass is 10.1. The lowest BCUT2D eigenvalue weighted by Crippen LogP contribution is -2.43. The number of carbonyl (C=O) groups excluding carboxylic acids is 1. The molecule has 2 heterocycles. The minimum Gasteiger partial charge on any atom is -0.342 e. The van der Waals surface area contributed by atoms with E-state index in [-0.39, 0.29) is 24.4 Å². The maximum absolute atomic E-state index is 12.3. The molecule has 1 amide bonds. The second-order valence-corrected chi connectivity index (χ2v) is 5.52. The van der Waals surface area contributed by atoms with E-state index < -0.39 is 0 Å². The van der Waals surface area contributed by atoms with E-state index in [1.165, 1.54) is 0 Å². The molecule has 1 saturated heterocycles. The van der Waals surface area contributed by atoms with E-state index in [1.54, 1.807) is 10.9 Å². The number of halogens is 1. The number of hydrogen-bond acceptors (Lipinski definition) is 3. The van der Waals surface area contributed by atoms with Gasteiger partial charge in [-0.25, -0.2) is 4.68 Å². The van der Waals surface area contributed by atoms with E-state index in [2.05, 4.69) is 5.10 Å². The lowest BCUT2D eigenvalue weighted by Gasteiger charge is -2.30. The summed E-state index contributed by atoms with van der Waals surface area (Å²) in [5.41, 5.74) is 7.81. The van der Waals surface area contributed by atoms with Crippen LogP contribution in [0.15, 0.2) is 42.7 Å². The van der Waals surface area contributed by atoms with E-state index >= 15 is 0 Å². The molecule has 1 aliphatic heterocycles. The number of likely N-dealkylation sites (tertiary alicyclic amines) is 1. The van der Waals surface area contributed by atoms with Crippen LogP contribution in [0.3, 0.4) is 0 Å². The molecule has 118 valence electrons. The van der Waals surface area contributed by atoms with Crippen molar-refractivity contribution in [3.8, 4) is 5.69 Å². The van der Waals surface area contributed by atoms with E-state index in [0.717, 1.165) is 37.2 Å². The molecule has 2 aromatic rings. The van der Waals surface area contributed by atoms with Gasteiger partial charge in [-0.15, -0.1) is 12.4 Å². The Morgan fingerprint density at radius 1 is 1.23 bits per heavy atom. The van der Waals surface area contributed by atoms with Crippen molar-refractivity contribution >= 4 is 18.3 Å². The van der Waals surface area contributed by atoms with Crippen LogP contribution in [0.1, 0.15) is 18.4 Å². The molecule has 6 heteroatoms. The van der Waals surface area contributed by atoms with Gasteiger partial charge in [-0.1, -0.05) is 18.2 Å². The van der Waals surface area contributed by atoms with Crippen molar-refractivity contribution in [3.63, 3.8) is 0 Å². The Kier molecular flexibility index (Phi) is 5.57. The Bertz CT molecular complexity index is 606. The fraction of sp³-hybridized carbons (Fsp3) is 0.375. The first kappa shape index (κ1) is 16.5. The number of hydrogen-bond donors (Lipinski definition) is 1. The summed E-state index contributed by atoms with van der Waals surface area (Å²) in [6.07, 6.45) is 5.88. The predicted octanol–water partition coefficient (Wildman–Crippen LogP) is 1.79. The van der Waals surface area contributed by atoms with E-state index in [0.29, 0.717) is 6.42 Å². The van der Waals surface area contributed by atoms with Crippen LogP contribution < -0.4 is 5.73 Å². The van der Waals surface area contributed by atoms with Crippen LogP contribution >= 0.6 is 12.4 Å². The highest BCUT2D eigenvalue weighted by Crippen LogP contribution is 2.12. The van der Waals surface area contributed by atoms with Crippen LogP contribution in [0, 0.1) is 0 Å². The van der Waals surface area contributed by atoms with Gasteiger partial charge in [0.1, 0.15) is 0 Å². The first-order valence-electron chi connectivity index (χ1n) is 7.35. The Hall–Kier alpha value is -1.85. The molecule has 0 atom stereocenters. The number of para-hydroxylation sites is 1. The number of carbonyl (C=O) groups is 1. The molecule has 0 bridgehead atoms. The molecular weight excluding hydrogens is 300 g/mol. The minimum atomic E-state index is 0. The summed E-state index contributed by atoms with van der Waals surface area (Å²) < 4.78 is 1.80. The summed E-state index contributed by atoms with van der Waals surface area (Å²) >= 11 is 0. The van der Waals surface area contributed by atoms with Gasteiger partial charge in [0.05, 0.1) is 18.3 Å². The van der Waals surface area contributed by atoms with Gasteiger partial charge in [-0.05, 0) is 30.5 Å². The van der Waals surface area contributed by atoms with Crippen LogP contribution in [0.25, 0.3) is 5.69 Å². The highest BCUT2D eigenvalue weighted by Gasteiger charge is 2.20. The second-order valence-electron chi connectivity index (χ2n) is 5.52. The van der Waals surface area contributed by atoms with Crippen molar-refractivity contribution < 1.29 is 4.79 Å². The van der Waals surface area contributed by atoms with Crippen LogP contribution in [0.2, 0.25) is 0 Å². The molecular formula is C16H21ClN4O. The number of nitrogens with two attached hydrogens (primary N) is 1. The van der Waals surface area contributed by atoms with Gasteiger partial charge in [0.2, 0.25) is 5.91 Å². The second kappa shape index (κ2) is 7.42. The monoisotopic (exact) mass is 320 g/mol. The molecule has 5 nitrogen and oxygen atoms in total. The van der Waals surface area contributed by atoms with Gasteiger partial charge in [0, 0.05) is 25.3 Å². The summed E-state index contributed by atoms with van der Waals surface area (Å²) in [7, 11) is 0. The predicted molar refractivity (Wildman–Crippen MR) is 88.3 cm³/mol. The summed E-state index contributed by atoms with van der Waals surface area (Å²) in [5.74, 6) is 0.162. The molecule has 2 N–H and O–H groups in total. The Labute approximate surface area is 136 Å². The first-order chi connectivity index (χ1) is 10.2. The third-order valence-electron chi connectivity index (χ3n) is 3.90. The number of benzene rings is 1. The Balaban J connectivity index is 0.00000176. The number of piperidine rings is 1. The van der Waals surface area contributed by atoms with Gasteiger partial charge in [0.25, 0.3) is 0 Å². The maximum atomic E-state index is 12.3. The molecule has 22 heavy (non-hydrogen) atoms. The highest BCUT2D eigenvalue weighted by molar-refractivity contribution is 5.85. The zero-order valence-corrected chi connectivity index (χ0v) is 13.2. The molecule has 3 rings (SSSR count). The minimum absolute atomic E-state index is 0. The standard InChI is InChI=1S/C16H20N4O.ClH/c17-14-6-8-19(9-7-14)16(21)10-13-11-18-20(12-13)15-4-2-1-3-5-15;/h1-5,11-12,14H,6-10,17H2;1H. The van der Waals surface area contributed by atoms with E-state index in [1.807, 2.05) is 41.4 Å². The smallest absolute Gasteiger partial charge is 0.227 e. The Morgan fingerprint density at radius 3 is 2.59 bits per heavy atom. The normalized spacial score (nSPS) is 15.4. The molecule has 0 saturated carbocycles. The first-order valence-corrected chi connectivity index (χ1v) is 7.35. The number of aromatic nitrogens is 2. The van der Waals surface area contributed by atoms with Crippen LogP contribution in [-0.4, -0.2) is 39.7 Å². The fourth-order valence-electron chi connectivity index (χ4n) is 2.61. The average molecular weight is 321 g/mol. The summed E-state index contributed by atoms with van der Waals surface area (Å²) in [5, 5.41) is 4.32. The topological polar surface area (TPSA) is 64.2 Å². The maximum Gasteiger partial charge on any atom is 0.227 e. The number of amides is 1. The van der Waals surface area contributed by atoms with Gasteiger partial charge >= 0.3 is 0 Å². The quantitative estimate of drug-likeness (QED) is 0.937. The zero-order valence-electron chi connectivity index (χ0n) is 12.4. The van der Waals surface area contributed by atoms with E-state index in [9.17, 15) is 4.79 Å². The average Bonchev–Trinajstić information content (AvgIpc) is 2.97. The SMILES string of the molecule is Cl.NC1CCN(C(=O)Cc2cnn(-c3ccccc3)c2)CC1. The van der Waals surface area contributed by atoms with Crippen molar-refractivity contribution in [1.82, 2.24) is 14.7 Å². The van der Waals surface area contributed by atoms with E-state index in [4.69, 9.17) is 5.73 Å². The fourth-order valence-corrected chi connectivity index (χ4v) is 2.61. The third-order valence-corrected chi connectivity index (χ3v) is 3.90. The molecule has 1 fully saturated rings. The molecule has 0 spiro atoms. The van der Waals surface area contributed by atoms with Crippen molar-refractivity contribution in [3.05, 3.63) is 48.3 Å². The molecule has 1 aromatic carbocycles. The van der Waals surface area contributed by atoms with Gasteiger partial charge in [-0.2, -0.15) is 5.10 Å². The molecule has 1 aromatic heterocycles. The summed E-state index contributed by atoms with van der Waals surface area (Å²) in [6.45, 7) is 1.54. The molecule has 1 aliphatic rings. The van der Waals surface area contributed by atoms with Gasteiger partial charge < -0.3 is 10.6 Å². The van der Waals surface area contributed by atoms with Crippen LogP contribution in [0.4, 0.5) is 0 Å². The van der Waals surface area contributed by atoms with Crippen molar-refractivity contribution in [2.24, 2.45) is 5.73 Å². The zero-order chi connectivity index (χ0) is 14.7. The van der Waals surface area contributed by atoms with Crippen molar-refractivity contribution in [1.29, 1.82) is 0 Å². The number of rotatable bonds is 3. The van der Waals surface area contributed by atoms with Gasteiger partial charge in [-0.3, -0.25) is 4.79 Å². The van der Waals surface area contributed by atoms with Gasteiger partial charge in [0.15, 0.2) is 0 Å². The largest absolute Gasteiger partial charge is 0.342 e. The third kappa shape index (κ3) is 3.87. The molecule has 0 unspecified atom stereocenters.